The third-order valence-corrected chi connectivity index (χ3v) is 8.42. The van der Waals surface area contributed by atoms with Crippen LogP contribution in [0.25, 0.3) is 0 Å². The smallest absolute Gasteiger partial charge is 0.358 e. The average Bonchev–Trinajstić information content (AvgIpc) is 2.25. The van der Waals surface area contributed by atoms with E-state index in [1.54, 1.807) is 0 Å². The van der Waals surface area contributed by atoms with Gasteiger partial charge in [-0.15, -0.1) is 17.2 Å². The maximum absolute atomic E-state index is 2.48. The van der Waals surface area contributed by atoms with Crippen LogP contribution in [0.3, 0.4) is 0 Å². The predicted octanol–water partition coefficient (Wildman–Crippen LogP) is 7.28. The van der Waals surface area contributed by atoms with E-state index in [-0.39, 0.29) is 36.6 Å². The second-order valence-corrected chi connectivity index (χ2v) is 12.8. The Morgan fingerprint density at radius 1 is 0.696 bits per heavy atom. The van der Waals surface area contributed by atoms with Gasteiger partial charge in [-0.1, -0.05) is 55.4 Å². The van der Waals surface area contributed by atoms with Crippen molar-refractivity contribution in [3.8, 4) is 0 Å². The molecule has 4 unspecified atom stereocenters. The molecule has 0 aromatic heterocycles. The summed E-state index contributed by atoms with van der Waals surface area (Å²) in [5, 5.41) is 0. The first-order valence-corrected chi connectivity index (χ1v) is 11.0. The van der Waals surface area contributed by atoms with Gasteiger partial charge in [0.1, 0.15) is 0 Å². The van der Waals surface area contributed by atoms with Crippen LogP contribution in [0.15, 0.2) is 0 Å². The Hall–Kier alpha value is 1.57. The van der Waals surface area contributed by atoms with Crippen LogP contribution >= 0.6 is 17.2 Å². The Bertz CT molecular complexity index is 259. The minimum Gasteiger partial charge on any atom is -0.358 e. The van der Waals surface area contributed by atoms with Crippen LogP contribution in [0.4, 0.5) is 0 Å². The molecule has 1 fully saturated rings. The molecule has 138 valence electrons. The van der Waals surface area contributed by atoms with Crippen molar-refractivity contribution in [3.05, 3.63) is 14.9 Å². The van der Waals surface area contributed by atoms with E-state index < -0.39 is 0 Å². The van der Waals surface area contributed by atoms with E-state index in [0.29, 0.717) is 5.41 Å². The molecule has 1 aliphatic rings. The second-order valence-electron chi connectivity index (χ2n) is 8.22. The first-order chi connectivity index (χ1) is 9.17. The van der Waals surface area contributed by atoms with Crippen LogP contribution in [0.2, 0.25) is 0 Å². The van der Waals surface area contributed by atoms with Gasteiger partial charge in [0, 0.05) is 0 Å². The first kappa shape index (κ1) is 29.3. The summed E-state index contributed by atoms with van der Waals surface area (Å²) >= 11 is 0. The van der Waals surface area contributed by atoms with Crippen molar-refractivity contribution < 1.29 is 21.7 Å². The summed E-state index contributed by atoms with van der Waals surface area (Å²) in [6, 6.07) is 0. The molecule has 0 aromatic carbocycles. The quantitative estimate of drug-likeness (QED) is 0.252. The standard InChI is InChI=1S/C18H38P2.2CH3.Ti/c1-12(2)18(13(3)4)10-16(19-14(5)6)9-17(11-18)20-15(7)8;;;/h12-17,19-20H,9-11H2,1-8H3;2*1H3;/q;2*-1;+2. The second kappa shape index (κ2) is 12.9. The minimum absolute atomic E-state index is 0. The normalized spacial score (nSPS) is 24.5. The Balaban J connectivity index is -0.00000133. The van der Waals surface area contributed by atoms with Crippen molar-refractivity contribution in [2.24, 2.45) is 17.3 Å². The van der Waals surface area contributed by atoms with Crippen molar-refractivity contribution in [3.63, 3.8) is 0 Å². The zero-order valence-corrected chi connectivity index (χ0v) is 21.1. The Kier molecular flexibility index (Phi) is 16.4. The van der Waals surface area contributed by atoms with Crippen molar-refractivity contribution in [1.29, 1.82) is 0 Å². The monoisotopic (exact) mass is 394 g/mol. The van der Waals surface area contributed by atoms with Crippen molar-refractivity contribution in [1.82, 2.24) is 0 Å². The summed E-state index contributed by atoms with van der Waals surface area (Å²) < 4.78 is 0. The topological polar surface area (TPSA) is 0 Å². The SMILES string of the molecule is CC(C)PC1CC(PC(C)C)CC(C(C)C)(C(C)C)C1.[CH3-].[CH3-].[Ti+2]. The molecule has 1 saturated carbocycles. The Labute approximate surface area is 168 Å². The molecule has 0 N–H and O–H groups in total. The average molecular weight is 394 g/mol. The first-order valence-electron chi connectivity index (χ1n) is 8.69. The molecule has 0 spiro atoms. The van der Waals surface area contributed by atoms with Gasteiger partial charge in [0.2, 0.25) is 0 Å². The van der Waals surface area contributed by atoms with E-state index in [1.165, 1.54) is 36.4 Å². The summed E-state index contributed by atoms with van der Waals surface area (Å²) in [6.45, 7) is 19.6. The van der Waals surface area contributed by atoms with E-state index in [4.69, 9.17) is 0 Å². The minimum atomic E-state index is 0. The summed E-state index contributed by atoms with van der Waals surface area (Å²) in [4.78, 5) is 0. The van der Waals surface area contributed by atoms with E-state index >= 15 is 0 Å². The fourth-order valence-electron chi connectivity index (χ4n) is 4.32. The number of hydrogen-bond acceptors (Lipinski definition) is 0. The van der Waals surface area contributed by atoms with Crippen LogP contribution in [0.5, 0.6) is 0 Å². The molecule has 3 heteroatoms. The molecule has 1 rings (SSSR count). The summed E-state index contributed by atoms with van der Waals surface area (Å²) in [7, 11) is 2.35. The molecule has 0 aromatic rings. The van der Waals surface area contributed by atoms with Crippen LogP contribution in [0.1, 0.15) is 74.7 Å². The van der Waals surface area contributed by atoms with Crippen LogP contribution in [0, 0.1) is 32.1 Å². The molecule has 1 aliphatic carbocycles. The van der Waals surface area contributed by atoms with E-state index in [9.17, 15) is 0 Å². The van der Waals surface area contributed by atoms with Crippen LogP contribution in [-0.2, 0) is 21.7 Å². The zero-order valence-electron chi connectivity index (χ0n) is 17.6. The zero-order chi connectivity index (χ0) is 15.5. The third kappa shape index (κ3) is 8.67. The Morgan fingerprint density at radius 2 is 1.00 bits per heavy atom. The molecular weight excluding hydrogens is 350 g/mol. The van der Waals surface area contributed by atoms with E-state index in [0.717, 1.165) is 34.5 Å². The molecule has 0 bridgehead atoms. The van der Waals surface area contributed by atoms with Crippen molar-refractivity contribution >= 4 is 17.2 Å². The molecule has 0 aliphatic heterocycles. The van der Waals surface area contributed by atoms with Gasteiger partial charge in [-0.3, -0.25) is 0 Å². The third-order valence-electron chi connectivity index (χ3n) is 5.26. The molecule has 0 saturated heterocycles. The molecule has 0 heterocycles. The fourth-order valence-corrected chi connectivity index (χ4v) is 8.28. The summed E-state index contributed by atoms with van der Waals surface area (Å²) in [5.74, 6) is 1.67. The van der Waals surface area contributed by atoms with Crippen LogP contribution in [-0.4, -0.2) is 22.6 Å². The van der Waals surface area contributed by atoms with E-state index in [2.05, 4.69) is 55.4 Å². The maximum atomic E-state index is 2.48. The molecule has 0 amide bonds. The molecular formula is C20H44P2Ti. The van der Waals surface area contributed by atoms with Crippen molar-refractivity contribution in [2.45, 2.75) is 97.3 Å². The fraction of sp³-hybridized carbons (Fsp3) is 0.900. The Morgan fingerprint density at radius 3 is 1.22 bits per heavy atom. The van der Waals surface area contributed by atoms with Gasteiger partial charge in [-0.25, -0.2) is 0 Å². The predicted molar refractivity (Wildman–Crippen MR) is 113 cm³/mol. The van der Waals surface area contributed by atoms with Crippen LogP contribution < -0.4 is 0 Å². The molecule has 4 atom stereocenters. The summed E-state index contributed by atoms with van der Waals surface area (Å²) in [5.41, 5.74) is 4.39. The van der Waals surface area contributed by atoms with Gasteiger partial charge in [0.25, 0.3) is 0 Å². The number of rotatable bonds is 6. The van der Waals surface area contributed by atoms with Gasteiger partial charge in [-0.2, -0.15) is 0 Å². The molecule has 23 heavy (non-hydrogen) atoms. The maximum Gasteiger partial charge on any atom is 2.00 e. The number of hydrogen-bond donors (Lipinski definition) is 0. The molecule has 0 nitrogen and oxygen atoms in total. The van der Waals surface area contributed by atoms with Gasteiger partial charge < -0.3 is 14.9 Å². The summed E-state index contributed by atoms with van der Waals surface area (Å²) in [6.07, 6.45) is 4.52. The van der Waals surface area contributed by atoms with Gasteiger partial charge >= 0.3 is 21.7 Å². The van der Waals surface area contributed by atoms with Gasteiger partial charge in [-0.05, 0) is 59.1 Å². The largest absolute Gasteiger partial charge is 2.00 e. The molecule has 0 radical (unpaired) electrons. The van der Waals surface area contributed by atoms with Gasteiger partial charge in [0.15, 0.2) is 0 Å². The van der Waals surface area contributed by atoms with Crippen molar-refractivity contribution in [2.75, 3.05) is 0 Å². The van der Waals surface area contributed by atoms with Gasteiger partial charge in [0.05, 0.1) is 0 Å². The van der Waals surface area contributed by atoms with E-state index in [1.807, 2.05) is 0 Å².